The minimum absolute atomic E-state index is 0.0603. The summed E-state index contributed by atoms with van der Waals surface area (Å²) in [6, 6.07) is 10.8. The van der Waals surface area contributed by atoms with Crippen molar-refractivity contribution < 1.29 is 9.18 Å². The van der Waals surface area contributed by atoms with Crippen LogP contribution in [0.15, 0.2) is 36.4 Å². The minimum Gasteiger partial charge on any atom is -0.326 e. The highest BCUT2D eigenvalue weighted by Crippen LogP contribution is 2.29. The summed E-state index contributed by atoms with van der Waals surface area (Å²) in [5.41, 5.74) is 5.46. The molecule has 2 rings (SSSR count). The normalized spacial score (nSPS) is 12.0. The average Bonchev–Trinajstić information content (AvgIpc) is 2.55. The number of carbonyl (C=O) groups excluding carboxylic acids is 1. The molecule has 4 heteroatoms. The van der Waals surface area contributed by atoms with Crippen LogP contribution in [-0.2, 0) is 4.79 Å². The Morgan fingerprint density at radius 1 is 1.12 bits per heavy atom. The van der Waals surface area contributed by atoms with Crippen LogP contribution in [0.2, 0.25) is 0 Å². The molecule has 2 aromatic rings. The van der Waals surface area contributed by atoms with Crippen LogP contribution in [0.1, 0.15) is 47.3 Å². The number of hydrogen-bond acceptors (Lipinski definition) is 2. The zero-order chi connectivity index (χ0) is 18.4. The van der Waals surface area contributed by atoms with Crippen LogP contribution >= 0.6 is 11.8 Å². The lowest BCUT2D eigenvalue weighted by Crippen LogP contribution is -2.13. The van der Waals surface area contributed by atoms with Gasteiger partial charge >= 0.3 is 0 Å². The van der Waals surface area contributed by atoms with Crippen molar-refractivity contribution in [1.82, 2.24) is 0 Å². The van der Waals surface area contributed by atoms with Crippen molar-refractivity contribution in [1.29, 1.82) is 0 Å². The van der Waals surface area contributed by atoms with Gasteiger partial charge in [0.25, 0.3) is 0 Å². The quantitative estimate of drug-likeness (QED) is 0.618. The number of amides is 1. The second-order valence-electron chi connectivity index (χ2n) is 6.49. The summed E-state index contributed by atoms with van der Waals surface area (Å²) in [6.45, 7) is 8.22. The van der Waals surface area contributed by atoms with Crippen molar-refractivity contribution in [2.24, 2.45) is 0 Å². The monoisotopic (exact) mass is 359 g/mol. The van der Waals surface area contributed by atoms with Gasteiger partial charge in [-0.3, -0.25) is 4.79 Å². The van der Waals surface area contributed by atoms with E-state index in [-0.39, 0.29) is 11.7 Å². The van der Waals surface area contributed by atoms with E-state index in [2.05, 4.69) is 31.3 Å². The van der Waals surface area contributed by atoms with Gasteiger partial charge in [0.05, 0.1) is 0 Å². The lowest BCUT2D eigenvalue weighted by Gasteiger charge is -2.14. The minimum atomic E-state index is -0.209. The smallest absolute Gasteiger partial charge is 0.224 e. The van der Waals surface area contributed by atoms with Crippen LogP contribution in [0.4, 0.5) is 10.1 Å². The highest BCUT2D eigenvalue weighted by Gasteiger charge is 2.10. The lowest BCUT2D eigenvalue weighted by atomic mass is 10.0. The Morgan fingerprint density at radius 3 is 2.32 bits per heavy atom. The number of aryl methyl sites for hydroxylation is 3. The van der Waals surface area contributed by atoms with Crippen LogP contribution < -0.4 is 5.32 Å². The molecule has 0 aliphatic heterocycles. The maximum absolute atomic E-state index is 13.0. The summed E-state index contributed by atoms with van der Waals surface area (Å²) in [7, 11) is 0. The van der Waals surface area contributed by atoms with Crippen molar-refractivity contribution in [3.63, 3.8) is 0 Å². The number of rotatable bonds is 7. The van der Waals surface area contributed by atoms with E-state index in [1.54, 1.807) is 11.8 Å². The highest BCUT2D eigenvalue weighted by molar-refractivity contribution is 7.99. The molecule has 25 heavy (non-hydrogen) atoms. The number of anilines is 1. The summed E-state index contributed by atoms with van der Waals surface area (Å²) in [6.07, 6.45) is 1.34. The molecule has 1 atom stereocenters. The van der Waals surface area contributed by atoms with Gasteiger partial charge < -0.3 is 5.32 Å². The SMILES string of the molecule is Cc1cc(C)c(NC(=O)CCCSC(C)c2ccc(F)cc2)c(C)c1. The number of thioether (sulfide) groups is 1. The molecule has 0 saturated heterocycles. The molecule has 1 N–H and O–H groups in total. The summed E-state index contributed by atoms with van der Waals surface area (Å²) >= 11 is 1.79. The molecule has 0 aliphatic rings. The van der Waals surface area contributed by atoms with E-state index in [0.717, 1.165) is 34.6 Å². The van der Waals surface area contributed by atoms with Gasteiger partial charge in [-0.25, -0.2) is 4.39 Å². The van der Waals surface area contributed by atoms with Crippen LogP contribution in [0.5, 0.6) is 0 Å². The molecule has 0 saturated carbocycles. The topological polar surface area (TPSA) is 29.1 Å². The molecule has 0 heterocycles. The van der Waals surface area contributed by atoms with Crippen LogP contribution in [-0.4, -0.2) is 11.7 Å². The van der Waals surface area contributed by atoms with Crippen molar-refractivity contribution in [3.05, 3.63) is 64.5 Å². The van der Waals surface area contributed by atoms with Crippen LogP contribution in [0.25, 0.3) is 0 Å². The van der Waals surface area contributed by atoms with Gasteiger partial charge in [0.2, 0.25) is 5.91 Å². The molecule has 2 aromatic carbocycles. The summed E-state index contributed by atoms with van der Waals surface area (Å²) in [5.74, 6) is 0.752. The lowest BCUT2D eigenvalue weighted by molar-refractivity contribution is -0.116. The number of carbonyl (C=O) groups is 1. The number of halogens is 1. The predicted molar refractivity (Wildman–Crippen MR) is 106 cm³/mol. The Hall–Kier alpha value is -1.81. The van der Waals surface area contributed by atoms with E-state index in [1.807, 2.05) is 26.0 Å². The van der Waals surface area contributed by atoms with E-state index >= 15 is 0 Å². The Balaban J connectivity index is 1.76. The third-order valence-corrected chi connectivity index (χ3v) is 5.49. The molecule has 0 spiro atoms. The van der Waals surface area contributed by atoms with Gasteiger partial charge in [-0.2, -0.15) is 11.8 Å². The van der Waals surface area contributed by atoms with Gasteiger partial charge in [-0.1, -0.05) is 29.8 Å². The van der Waals surface area contributed by atoms with Gasteiger partial charge in [-0.05, 0) is 68.7 Å². The summed E-state index contributed by atoms with van der Waals surface area (Å²) in [4.78, 5) is 12.2. The van der Waals surface area contributed by atoms with Crippen molar-refractivity contribution in [3.8, 4) is 0 Å². The van der Waals surface area contributed by atoms with Crippen LogP contribution in [0.3, 0.4) is 0 Å². The second kappa shape index (κ2) is 9.04. The van der Waals surface area contributed by atoms with Crippen molar-refractivity contribution in [2.45, 2.75) is 45.8 Å². The molecule has 1 unspecified atom stereocenters. The Bertz CT molecular complexity index is 704. The van der Waals surface area contributed by atoms with Crippen molar-refractivity contribution >= 4 is 23.4 Å². The standard InChI is InChI=1S/C21H26FNOS/c1-14-12-15(2)21(16(3)13-14)23-20(24)6-5-11-25-17(4)18-7-9-19(22)10-8-18/h7-10,12-13,17H,5-6,11H2,1-4H3,(H,23,24). The predicted octanol–water partition coefficient (Wildman–Crippen LogP) is 5.96. The van der Waals surface area contributed by atoms with Crippen molar-refractivity contribution in [2.75, 3.05) is 11.1 Å². The fraction of sp³-hybridized carbons (Fsp3) is 0.381. The molecular formula is C21H26FNOS. The molecule has 2 nitrogen and oxygen atoms in total. The fourth-order valence-electron chi connectivity index (χ4n) is 2.90. The number of nitrogens with one attached hydrogen (secondary N) is 1. The summed E-state index contributed by atoms with van der Waals surface area (Å²) in [5, 5.41) is 3.34. The molecule has 0 aromatic heterocycles. The first kappa shape index (κ1) is 19.5. The maximum atomic E-state index is 13.0. The maximum Gasteiger partial charge on any atom is 0.224 e. The largest absolute Gasteiger partial charge is 0.326 e. The average molecular weight is 360 g/mol. The molecule has 0 aliphatic carbocycles. The fourth-order valence-corrected chi connectivity index (χ4v) is 3.92. The molecule has 134 valence electrons. The molecule has 0 bridgehead atoms. The molecule has 0 fully saturated rings. The first-order valence-electron chi connectivity index (χ1n) is 8.61. The van der Waals surface area contributed by atoms with E-state index in [4.69, 9.17) is 0 Å². The van der Waals surface area contributed by atoms with Gasteiger partial charge in [0.1, 0.15) is 5.82 Å². The van der Waals surface area contributed by atoms with E-state index < -0.39 is 0 Å². The zero-order valence-corrected chi connectivity index (χ0v) is 16.2. The first-order valence-corrected chi connectivity index (χ1v) is 9.66. The van der Waals surface area contributed by atoms with E-state index in [1.165, 1.54) is 17.7 Å². The summed E-state index contributed by atoms with van der Waals surface area (Å²) < 4.78 is 13.0. The first-order chi connectivity index (χ1) is 11.9. The van der Waals surface area contributed by atoms with E-state index in [0.29, 0.717) is 11.7 Å². The number of benzene rings is 2. The Morgan fingerprint density at radius 2 is 1.72 bits per heavy atom. The third kappa shape index (κ3) is 5.89. The highest BCUT2D eigenvalue weighted by atomic mass is 32.2. The Kier molecular flexibility index (Phi) is 7.06. The third-order valence-electron chi connectivity index (χ3n) is 4.20. The van der Waals surface area contributed by atoms with Gasteiger partial charge in [-0.15, -0.1) is 0 Å². The zero-order valence-electron chi connectivity index (χ0n) is 15.4. The van der Waals surface area contributed by atoms with Gasteiger partial charge in [0, 0.05) is 17.4 Å². The van der Waals surface area contributed by atoms with Crippen LogP contribution in [0, 0.1) is 26.6 Å². The second-order valence-corrected chi connectivity index (χ2v) is 7.94. The number of hydrogen-bond donors (Lipinski definition) is 1. The van der Waals surface area contributed by atoms with Gasteiger partial charge in [0.15, 0.2) is 0 Å². The molecular weight excluding hydrogens is 333 g/mol. The van der Waals surface area contributed by atoms with E-state index in [9.17, 15) is 9.18 Å². The molecule has 1 amide bonds. The Labute approximate surface area is 154 Å². The molecule has 0 radical (unpaired) electrons.